The van der Waals surface area contributed by atoms with E-state index in [-0.39, 0.29) is 29.7 Å². The van der Waals surface area contributed by atoms with Gasteiger partial charge in [-0.1, -0.05) is 24.3 Å². The number of piperazine rings is 1. The first-order valence-corrected chi connectivity index (χ1v) is 10.4. The van der Waals surface area contributed by atoms with Crippen molar-refractivity contribution in [1.29, 1.82) is 0 Å². The highest BCUT2D eigenvalue weighted by Crippen LogP contribution is 2.23. The first kappa shape index (κ1) is 25.1. The van der Waals surface area contributed by atoms with Crippen molar-refractivity contribution in [2.75, 3.05) is 60.0 Å². The number of para-hydroxylation sites is 1. The molecule has 0 amide bonds. The summed E-state index contributed by atoms with van der Waals surface area (Å²) in [4.78, 5) is 9.12. The Morgan fingerprint density at radius 2 is 1.81 bits per heavy atom. The molecule has 1 aliphatic rings. The van der Waals surface area contributed by atoms with Crippen LogP contribution < -0.4 is 14.8 Å². The molecular formula is C23H33IN4O3. The van der Waals surface area contributed by atoms with E-state index < -0.39 is 0 Å². The van der Waals surface area contributed by atoms with Crippen LogP contribution in [0, 0.1) is 0 Å². The summed E-state index contributed by atoms with van der Waals surface area (Å²) in [6.45, 7) is 6.15. The molecule has 0 spiro atoms. The second kappa shape index (κ2) is 13.3. The quantitative estimate of drug-likeness (QED) is 0.305. The molecule has 0 saturated carbocycles. The average Bonchev–Trinajstić information content (AvgIpc) is 2.79. The molecule has 170 valence electrons. The average molecular weight is 540 g/mol. The van der Waals surface area contributed by atoms with Crippen molar-refractivity contribution in [2.45, 2.75) is 6.42 Å². The maximum atomic E-state index is 10.1. The lowest BCUT2D eigenvalue weighted by molar-refractivity contribution is 0.152. The van der Waals surface area contributed by atoms with Crippen LogP contribution in [-0.4, -0.2) is 80.9 Å². The summed E-state index contributed by atoms with van der Waals surface area (Å²) in [7, 11) is 3.41. The second-order valence-corrected chi connectivity index (χ2v) is 7.21. The first-order valence-electron chi connectivity index (χ1n) is 10.4. The minimum absolute atomic E-state index is 0. The zero-order chi connectivity index (χ0) is 21.2. The number of aliphatic imine (C=N–C) groups is 1. The second-order valence-electron chi connectivity index (χ2n) is 7.21. The highest BCUT2D eigenvalue weighted by atomic mass is 127. The van der Waals surface area contributed by atoms with Gasteiger partial charge >= 0.3 is 0 Å². The van der Waals surface area contributed by atoms with Gasteiger partial charge < -0.3 is 24.8 Å². The van der Waals surface area contributed by atoms with Crippen LogP contribution in [0.2, 0.25) is 0 Å². The number of phenols is 1. The van der Waals surface area contributed by atoms with Crippen molar-refractivity contribution in [2.24, 2.45) is 4.99 Å². The van der Waals surface area contributed by atoms with Gasteiger partial charge in [0.2, 0.25) is 0 Å². The van der Waals surface area contributed by atoms with Gasteiger partial charge in [0.25, 0.3) is 0 Å². The van der Waals surface area contributed by atoms with Gasteiger partial charge in [-0.2, -0.15) is 0 Å². The van der Waals surface area contributed by atoms with Crippen molar-refractivity contribution in [1.82, 2.24) is 15.1 Å². The molecule has 1 fully saturated rings. The molecule has 0 atom stereocenters. The lowest BCUT2D eigenvalue weighted by Gasteiger charge is -2.36. The van der Waals surface area contributed by atoms with Gasteiger partial charge in [-0.05, 0) is 30.2 Å². The summed E-state index contributed by atoms with van der Waals surface area (Å²) in [5.41, 5.74) is 0.891. The van der Waals surface area contributed by atoms with Gasteiger partial charge in [0, 0.05) is 52.4 Å². The molecule has 2 aromatic carbocycles. The minimum Gasteiger partial charge on any atom is -0.508 e. The summed E-state index contributed by atoms with van der Waals surface area (Å²) < 4.78 is 10.9. The van der Waals surface area contributed by atoms with Gasteiger partial charge in [0.1, 0.15) is 23.9 Å². The first-order chi connectivity index (χ1) is 14.7. The Bertz CT molecular complexity index is 812. The van der Waals surface area contributed by atoms with Crippen LogP contribution in [0.25, 0.3) is 0 Å². The zero-order valence-corrected chi connectivity index (χ0v) is 20.6. The number of rotatable bonds is 8. The van der Waals surface area contributed by atoms with E-state index in [9.17, 15) is 5.11 Å². The number of ether oxygens (including phenoxy) is 2. The third kappa shape index (κ3) is 7.77. The van der Waals surface area contributed by atoms with E-state index in [4.69, 9.17) is 9.47 Å². The number of halogens is 1. The molecule has 2 N–H and O–H groups in total. The van der Waals surface area contributed by atoms with E-state index in [0.717, 1.165) is 50.0 Å². The van der Waals surface area contributed by atoms with Crippen LogP contribution in [0.4, 0.5) is 0 Å². The smallest absolute Gasteiger partial charge is 0.193 e. The molecule has 1 heterocycles. The lowest BCUT2D eigenvalue weighted by atomic mass is 10.1. The third-order valence-corrected chi connectivity index (χ3v) is 5.27. The maximum Gasteiger partial charge on any atom is 0.193 e. The number of nitrogens with one attached hydrogen (secondary N) is 1. The molecule has 2 aromatic rings. The van der Waals surface area contributed by atoms with Crippen molar-refractivity contribution < 1.29 is 14.6 Å². The van der Waals surface area contributed by atoms with E-state index in [0.29, 0.717) is 25.3 Å². The molecule has 31 heavy (non-hydrogen) atoms. The summed E-state index contributed by atoms with van der Waals surface area (Å²) >= 11 is 0. The van der Waals surface area contributed by atoms with E-state index in [2.05, 4.69) is 20.1 Å². The molecule has 1 saturated heterocycles. The van der Waals surface area contributed by atoms with E-state index in [1.54, 1.807) is 13.2 Å². The summed E-state index contributed by atoms with van der Waals surface area (Å²) in [6, 6.07) is 15.3. The fourth-order valence-electron chi connectivity index (χ4n) is 3.52. The zero-order valence-electron chi connectivity index (χ0n) is 18.3. The standard InChI is InChI=1S/C23H32N4O3.HI/c1-24-23(25-11-10-19-8-9-21(29-2)18-22(19)28)27-14-12-26(13-15-27)16-17-30-20-6-4-3-5-7-20;/h3-9,18,28H,10-17H2,1-2H3,(H,24,25);1H. The van der Waals surface area contributed by atoms with Crippen LogP contribution in [0.15, 0.2) is 53.5 Å². The molecule has 0 aliphatic carbocycles. The summed E-state index contributed by atoms with van der Waals surface area (Å²) in [5.74, 6) is 2.75. The Labute approximate surface area is 202 Å². The topological polar surface area (TPSA) is 69.6 Å². The predicted molar refractivity (Wildman–Crippen MR) is 135 cm³/mol. The summed E-state index contributed by atoms with van der Waals surface area (Å²) in [5, 5.41) is 13.5. The van der Waals surface area contributed by atoms with Crippen molar-refractivity contribution in [3.8, 4) is 17.2 Å². The third-order valence-electron chi connectivity index (χ3n) is 5.27. The molecular weight excluding hydrogens is 507 g/mol. The fraction of sp³-hybridized carbons (Fsp3) is 0.435. The number of benzene rings is 2. The number of nitrogens with zero attached hydrogens (tertiary/aromatic N) is 3. The fourth-order valence-corrected chi connectivity index (χ4v) is 3.52. The normalized spacial score (nSPS) is 14.6. The molecule has 0 unspecified atom stereocenters. The van der Waals surface area contributed by atoms with E-state index in [1.807, 2.05) is 49.5 Å². The Morgan fingerprint density at radius 1 is 1.06 bits per heavy atom. The van der Waals surface area contributed by atoms with E-state index >= 15 is 0 Å². The van der Waals surface area contributed by atoms with Gasteiger partial charge in [-0.15, -0.1) is 24.0 Å². The highest BCUT2D eigenvalue weighted by Gasteiger charge is 2.19. The highest BCUT2D eigenvalue weighted by molar-refractivity contribution is 14.0. The Kier molecular flexibility index (Phi) is 10.7. The van der Waals surface area contributed by atoms with Crippen LogP contribution in [-0.2, 0) is 6.42 Å². The molecule has 0 radical (unpaired) electrons. The van der Waals surface area contributed by atoms with E-state index in [1.165, 1.54) is 0 Å². The monoisotopic (exact) mass is 540 g/mol. The Hall–Kier alpha value is -2.20. The Balaban J connectivity index is 0.00000341. The number of hydrogen-bond donors (Lipinski definition) is 2. The Morgan fingerprint density at radius 3 is 2.45 bits per heavy atom. The van der Waals surface area contributed by atoms with Crippen LogP contribution >= 0.6 is 24.0 Å². The number of methoxy groups -OCH3 is 1. The van der Waals surface area contributed by atoms with Crippen LogP contribution in [0.1, 0.15) is 5.56 Å². The SMILES string of the molecule is CN=C(NCCc1ccc(OC)cc1O)N1CCN(CCOc2ccccc2)CC1.I. The maximum absolute atomic E-state index is 10.1. The number of hydrogen-bond acceptors (Lipinski definition) is 5. The lowest BCUT2D eigenvalue weighted by Crippen LogP contribution is -2.53. The van der Waals surface area contributed by atoms with Gasteiger partial charge in [-0.25, -0.2) is 0 Å². The van der Waals surface area contributed by atoms with Crippen LogP contribution in [0.3, 0.4) is 0 Å². The molecule has 1 aliphatic heterocycles. The number of guanidine groups is 1. The molecule has 0 aromatic heterocycles. The molecule has 0 bridgehead atoms. The van der Waals surface area contributed by atoms with Gasteiger partial charge in [0.05, 0.1) is 7.11 Å². The molecule has 8 heteroatoms. The molecule has 3 rings (SSSR count). The molecule has 7 nitrogen and oxygen atoms in total. The summed E-state index contributed by atoms with van der Waals surface area (Å²) in [6.07, 6.45) is 0.714. The number of phenolic OH excluding ortho intramolecular Hbond substituents is 1. The van der Waals surface area contributed by atoms with Gasteiger partial charge in [-0.3, -0.25) is 9.89 Å². The predicted octanol–water partition coefficient (Wildman–Crippen LogP) is 2.83. The van der Waals surface area contributed by atoms with Crippen molar-refractivity contribution in [3.63, 3.8) is 0 Å². The van der Waals surface area contributed by atoms with Crippen molar-refractivity contribution in [3.05, 3.63) is 54.1 Å². The minimum atomic E-state index is 0. The van der Waals surface area contributed by atoms with Crippen molar-refractivity contribution >= 4 is 29.9 Å². The largest absolute Gasteiger partial charge is 0.508 e. The van der Waals surface area contributed by atoms with Gasteiger partial charge in [0.15, 0.2) is 5.96 Å². The number of aromatic hydroxyl groups is 1. The van der Waals surface area contributed by atoms with Crippen LogP contribution in [0.5, 0.6) is 17.2 Å².